The van der Waals surface area contributed by atoms with E-state index in [1.165, 1.54) is 0 Å². The van der Waals surface area contributed by atoms with Gasteiger partial charge in [-0.3, -0.25) is 4.98 Å². The molecule has 12 heavy (non-hydrogen) atoms. The molecular weight excluding hydrogens is 152 g/mol. The van der Waals surface area contributed by atoms with Crippen LogP contribution < -0.4 is 0 Å². The van der Waals surface area contributed by atoms with Gasteiger partial charge in [0.1, 0.15) is 0 Å². The molecule has 3 nitrogen and oxygen atoms in total. The van der Waals surface area contributed by atoms with Crippen molar-refractivity contribution in [2.45, 2.75) is 6.61 Å². The van der Waals surface area contributed by atoms with Gasteiger partial charge in [-0.15, -0.1) is 0 Å². The van der Waals surface area contributed by atoms with Crippen LogP contribution in [-0.2, 0) is 11.3 Å². The molecule has 0 aliphatic rings. The van der Waals surface area contributed by atoms with Crippen molar-refractivity contribution in [3.63, 3.8) is 0 Å². The zero-order chi connectivity index (χ0) is 8.39. The van der Waals surface area contributed by atoms with Crippen LogP contribution in [0, 0.1) is 0 Å². The minimum atomic E-state index is 0.608. The van der Waals surface area contributed by atoms with Gasteiger partial charge in [-0.1, -0.05) is 0 Å². The summed E-state index contributed by atoms with van der Waals surface area (Å²) in [5.41, 5.74) is 3.11. The molecule has 0 amide bonds. The molecule has 2 heterocycles. The van der Waals surface area contributed by atoms with Crippen molar-refractivity contribution in [3.8, 4) is 0 Å². The van der Waals surface area contributed by atoms with Crippen LogP contribution in [0.4, 0.5) is 0 Å². The van der Waals surface area contributed by atoms with Gasteiger partial charge in [0.2, 0.25) is 0 Å². The van der Waals surface area contributed by atoms with E-state index in [2.05, 4.69) is 9.97 Å². The molecule has 0 aliphatic carbocycles. The third kappa shape index (κ3) is 1.19. The lowest BCUT2D eigenvalue weighted by molar-refractivity contribution is 0.182. The molecule has 0 saturated heterocycles. The molecule has 0 aromatic carbocycles. The van der Waals surface area contributed by atoms with Crippen LogP contribution in [0.2, 0.25) is 0 Å². The molecule has 0 radical (unpaired) electrons. The zero-order valence-corrected chi connectivity index (χ0v) is 6.87. The average Bonchev–Trinajstić information content (AvgIpc) is 2.47. The van der Waals surface area contributed by atoms with E-state index >= 15 is 0 Å². The number of aromatic amines is 1. The van der Waals surface area contributed by atoms with Crippen molar-refractivity contribution in [1.82, 2.24) is 9.97 Å². The van der Waals surface area contributed by atoms with Gasteiger partial charge < -0.3 is 9.72 Å². The van der Waals surface area contributed by atoms with E-state index in [9.17, 15) is 0 Å². The van der Waals surface area contributed by atoms with Crippen molar-refractivity contribution in [2.75, 3.05) is 7.11 Å². The van der Waals surface area contributed by atoms with E-state index in [0.29, 0.717) is 6.61 Å². The van der Waals surface area contributed by atoms with Crippen molar-refractivity contribution in [2.24, 2.45) is 0 Å². The number of aromatic nitrogens is 2. The molecule has 0 aliphatic heterocycles. The second-order valence-corrected chi connectivity index (χ2v) is 2.66. The Morgan fingerprint density at radius 3 is 3.25 bits per heavy atom. The lowest BCUT2D eigenvalue weighted by Crippen LogP contribution is -1.85. The number of nitrogens with one attached hydrogen (secondary N) is 1. The quantitative estimate of drug-likeness (QED) is 0.730. The maximum absolute atomic E-state index is 5.00. The summed E-state index contributed by atoms with van der Waals surface area (Å²) in [6, 6.07) is 5.91. The lowest BCUT2D eigenvalue weighted by Gasteiger charge is -1.91. The Balaban J connectivity index is 2.47. The molecule has 0 unspecified atom stereocenters. The van der Waals surface area contributed by atoms with E-state index < -0.39 is 0 Å². The Hall–Kier alpha value is -1.35. The summed E-state index contributed by atoms with van der Waals surface area (Å²) in [6.45, 7) is 0.608. The number of ether oxygens (including phenoxy) is 1. The number of H-pyrrole nitrogens is 1. The number of methoxy groups -OCH3 is 1. The lowest BCUT2D eigenvalue weighted by atomic mass is 10.4. The second kappa shape index (κ2) is 2.95. The van der Waals surface area contributed by atoms with Crippen LogP contribution in [0.5, 0.6) is 0 Å². The molecule has 2 aromatic heterocycles. The number of hydrogen-bond acceptors (Lipinski definition) is 2. The number of pyridine rings is 1. The first-order chi connectivity index (χ1) is 5.90. The van der Waals surface area contributed by atoms with E-state index in [4.69, 9.17) is 4.74 Å². The number of hydrogen-bond donors (Lipinski definition) is 1. The Bertz CT molecular complexity index is 348. The molecule has 2 aromatic rings. The largest absolute Gasteiger partial charge is 0.378 e. The molecule has 0 fully saturated rings. The Labute approximate surface area is 70.4 Å². The highest BCUT2D eigenvalue weighted by molar-refractivity contribution is 5.75. The molecule has 3 heteroatoms. The maximum atomic E-state index is 5.00. The highest BCUT2D eigenvalue weighted by Crippen LogP contribution is 2.11. The fraction of sp³-hybridized carbons (Fsp3) is 0.222. The predicted molar refractivity (Wildman–Crippen MR) is 46.8 cm³/mol. The van der Waals surface area contributed by atoms with Gasteiger partial charge in [0.25, 0.3) is 0 Å². The summed E-state index contributed by atoms with van der Waals surface area (Å²) in [7, 11) is 1.68. The fourth-order valence-electron chi connectivity index (χ4n) is 1.25. The molecule has 2 rings (SSSR count). The molecule has 62 valence electrons. The first-order valence-electron chi connectivity index (χ1n) is 3.81. The van der Waals surface area contributed by atoms with Gasteiger partial charge in [-0.2, -0.15) is 0 Å². The first-order valence-corrected chi connectivity index (χ1v) is 3.81. The zero-order valence-electron chi connectivity index (χ0n) is 6.87. The molecule has 1 N–H and O–H groups in total. The third-order valence-electron chi connectivity index (χ3n) is 1.74. The molecule has 0 bridgehead atoms. The smallest absolute Gasteiger partial charge is 0.0882 e. The Morgan fingerprint density at radius 1 is 1.58 bits per heavy atom. The summed E-state index contributed by atoms with van der Waals surface area (Å²) in [6.07, 6.45) is 1.78. The van der Waals surface area contributed by atoms with E-state index in [1.54, 1.807) is 13.3 Å². The van der Waals surface area contributed by atoms with Crippen LogP contribution >= 0.6 is 0 Å². The standard InChI is InChI=1S/C9H10N2O/c1-12-6-7-5-9-8(11-7)3-2-4-10-9/h2-5,11H,6H2,1H3. The SMILES string of the molecule is COCc1cc2ncccc2[nH]1. The van der Waals surface area contributed by atoms with Gasteiger partial charge >= 0.3 is 0 Å². The van der Waals surface area contributed by atoms with Crippen molar-refractivity contribution >= 4 is 11.0 Å². The third-order valence-corrected chi connectivity index (χ3v) is 1.74. The summed E-state index contributed by atoms with van der Waals surface area (Å²) in [4.78, 5) is 7.41. The van der Waals surface area contributed by atoms with E-state index in [0.717, 1.165) is 16.7 Å². The van der Waals surface area contributed by atoms with Gasteiger partial charge in [0.05, 0.1) is 17.6 Å². The molecular formula is C9H10N2O. The van der Waals surface area contributed by atoms with Crippen LogP contribution in [0.15, 0.2) is 24.4 Å². The first kappa shape index (κ1) is 7.31. The second-order valence-electron chi connectivity index (χ2n) is 2.66. The Morgan fingerprint density at radius 2 is 2.50 bits per heavy atom. The van der Waals surface area contributed by atoms with Crippen molar-refractivity contribution < 1.29 is 4.74 Å². The van der Waals surface area contributed by atoms with Crippen LogP contribution in [0.3, 0.4) is 0 Å². The van der Waals surface area contributed by atoms with Crippen molar-refractivity contribution in [3.05, 3.63) is 30.1 Å². The maximum Gasteiger partial charge on any atom is 0.0882 e. The van der Waals surface area contributed by atoms with Crippen LogP contribution in [0.25, 0.3) is 11.0 Å². The number of nitrogens with zero attached hydrogens (tertiary/aromatic N) is 1. The summed E-state index contributed by atoms with van der Waals surface area (Å²) in [5.74, 6) is 0. The highest BCUT2D eigenvalue weighted by atomic mass is 16.5. The molecule has 0 atom stereocenters. The highest BCUT2D eigenvalue weighted by Gasteiger charge is 1.98. The van der Waals surface area contributed by atoms with Crippen LogP contribution in [-0.4, -0.2) is 17.1 Å². The molecule has 0 saturated carbocycles. The minimum absolute atomic E-state index is 0.608. The number of fused-ring (bicyclic) bond motifs is 1. The summed E-state index contributed by atoms with van der Waals surface area (Å²) in [5, 5.41) is 0. The van der Waals surface area contributed by atoms with Gasteiger partial charge in [0.15, 0.2) is 0 Å². The van der Waals surface area contributed by atoms with Gasteiger partial charge in [-0.25, -0.2) is 0 Å². The van der Waals surface area contributed by atoms with E-state index in [1.807, 2.05) is 18.2 Å². The minimum Gasteiger partial charge on any atom is -0.378 e. The number of rotatable bonds is 2. The summed E-state index contributed by atoms with van der Waals surface area (Å²) >= 11 is 0. The van der Waals surface area contributed by atoms with Gasteiger partial charge in [0, 0.05) is 19.0 Å². The van der Waals surface area contributed by atoms with E-state index in [-0.39, 0.29) is 0 Å². The Kier molecular flexibility index (Phi) is 1.80. The molecule has 0 spiro atoms. The van der Waals surface area contributed by atoms with Crippen LogP contribution in [0.1, 0.15) is 5.69 Å². The van der Waals surface area contributed by atoms with Crippen molar-refractivity contribution in [1.29, 1.82) is 0 Å². The monoisotopic (exact) mass is 162 g/mol. The predicted octanol–water partition coefficient (Wildman–Crippen LogP) is 1.71. The fourth-order valence-corrected chi connectivity index (χ4v) is 1.25. The summed E-state index contributed by atoms with van der Waals surface area (Å²) < 4.78 is 5.00. The normalized spacial score (nSPS) is 10.8. The topological polar surface area (TPSA) is 37.9 Å². The van der Waals surface area contributed by atoms with Gasteiger partial charge in [-0.05, 0) is 18.2 Å². The average molecular weight is 162 g/mol.